The molecule has 3 atom stereocenters. The maximum absolute atomic E-state index is 13.9. The van der Waals surface area contributed by atoms with Gasteiger partial charge in [-0.15, -0.1) is 0 Å². The first-order valence-electron chi connectivity index (χ1n) is 13.4. The summed E-state index contributed by atoms with van der Waals surface area (Å²) in [4.78, 5) is 43.6. The van der Waals surface area contributed by atoms with Gasteiger partial charge in [0.25, 0.3) is 0 Å². The molecule has 4 rings (SSSR count). The lowest BCUT2D eigenvalue weighted by Gasteiger charge is -2.43. The Kier molecular flexibility index (Phi) is 8.42. The summed E-state index contributed by atoms with van der Waals surface area (Å²) >= 11 is 0. The third kappa shape index (κ3) is 6.31. The van der Waals surface area contributed by atoms with Crippen LogP contribution in [0.25, 0.3) is 0 Å². The summed E-state index contributed by atoms with van der Waals surface area (Å²) in [5.41, 5.74) is 6.95. The maximum Gasteiger partial charge on any atom is 0.247 e. The van der Waals surface area contributed by atoms with Crippen molar-refractivity contribution < 1.29 is 23.5 Å². The van der Waals surface area contributed by atoms with Crippen LogP contribution in [0.5, 0.6) is 0 Å². The fraction of sp³-hybridized carbons (Fsp3) is 0.500. The SMILES string of the molecule is Cc1cccc(COC[C@@H](NC(=O)C(C)(C)N)C(=O)N2CCCC3(C2)C(=O)N(C)CC3c2ccc(F)cc2)c1. The summed E-state index contributed by atoms with van der Waals surface area (Å²) in [6.45, 7) is 6.57. The van der Waals surface area contributed by atoms with E-state index in [-0.39, 0.29) is 43.3 Å². The number of likely N-dealkylation sites (tertiary alicyclic amines) is 2. The Hall–Kier alpha value is -3.30. The van der Waals surface area contributed by atoms with Crippen LogP contribution in [0.15, 0.2) is 48.5 Å². The Bertz CT molecular complexity index is 1210. The van der Waals surface area contributed by atoms with Crippen molar-refractivity contribution >= 4 is 17.7 Å². The van der Waals surface area contributed by atoms with Crippen LogP contribution in [0, 0.1) is 18.2 Å². The molecule has 8 nitrogen and oxygen atoms in total. The first-order chi connectivity index (χ1) is 18.4. The van der Waals surface area contributed by atoms with Crippen LogP contribution in [0.3, 0.4) is 0 Å². The largest absolute Gasteiger partial charge is 0.374 e. The summed E-state index contributed by atoms with van der Waals surface area (Å²) in [6.07, 6.45) is 1.26. The molecular formula is C30H39FN4O4. The molecule has 2 heterocycles. The van der Waals surface area contributed by atoms with Gasteiger partial charge in [-0.05, 0) is 56.9 Å². The van der Waals surface area contributed by atoms with E-state index in [4.69, 9.17) is 10.5 Å². The summed E-state index contributed by atoms with van der Waals surface area (Å²) in [5.74, 6) is -1.31. The summed E-state index contributed by atoms with van der Waals surface area (Å²) in [5, 5.41) is 2.78. The van der Waals surface area contributed by atoms with E-state index in [9.17, 15) is 18.8 Å². The zero-order valence-corrected chi connectivity index (χ0v) is 23.2. The summed E-state index contributed by atoms with van der Waals surface area (Å²) < 4.78 is 19.6. The van der Waals surface area contributed by atoms with Gasteiger partial charge in [0, 0.05) is 32.6 Å². The van der Waals surface area contributed by atoms with Gasteiger partial charge in [-0.2, -0.15) is 0 Å². The first kappa shape index (κ1) is 28.7. The number of likely N-dealkylation sites (N-methyl/N-ethyl adjacent to an activating group) is 1. The molecule has 2 fully saturated rings. The van der Waals surface area contributed by atoms with Crippen molar-refractivity contribution in [2.75, 3.05) is 33.3 Å². The van der Waals surface area contributed by atoms with Gasteiger partial charge in [0.2, 0.25) is 17.7 Å². The molecule has 210 valence electrons. The van der Waals surface area contributed by atoms with Gasteiger partial charge in [0.15, 0.2) is 0 Å². The highest BCUT2D eigenvalue weighted by Gasteiger charge is 2.56. The summed E-state index contributed by atoms with van der Waals surface area (Å²) in [7, 11) is 1.76. The monoisotopic (exact) mass is 538 g/mol. The Labute approximate surface area is 229 Å². The molecule has 2 aliphatic heterocycles. The zero-order chi connectivity index (χ0) is 28.4. The predicted molar refractivity (Wildman–Crippen MR) is 146 cm³/mol. The van der Waals surface area contributed by atoms with E-state index < -0.39 is 22.9 Å². The van der Waals surface area contributed by atoms with Gasteiger partial charge in [-0.1, -0.05) is 42.0 Å². The number of ether oxygens (including phenoxy) is 1. The molecule has 2 aromatic carbocycles. The van der Waals surface area contributed by atoms with Crippen LogP contribution < -0.4 is 11.1 Å². The lowest BCUT2D eigenvalue weighted by molar-refractivity contribution is -0.147. The number of rotatable bonds is 8. The molecule has 0 radical (unpaired) electrons. The topological polar surface area (TPSA) is 105 Å². The molecule has 0 aromatic heterocycles. The van der Waals surface area contributed by atoms with E-state index in [1.54, 1.807) is 42.8 Å². The molecule has 1 spiro atoms. The van der Waals surface area contributed by atoms with Crippen molar-refractivity contribution in [1.29, 1.82) is 0 Å². The van der Waals surface area contributed by atoms with Gasteiger partial charge in [0.05, 0.1) is 24.2 Å². The van der Waals surface area contributed by atoms with Crippen molar-refractivity contribution in [3.05, 3.63) is 71.0 Å². The number of hydrogen-bond donors (Lipinski definition) is 2. The molecule has 2 aromatic rings. The summed E-state index contributed by atoms with van der Waals surface area (Å²) in [6, 6.07) is 13.2. The number of benzene rings is 2. The van der Waals surface area contributed by atoms with Gasteiger partial charge < -0.3 is 25.6 Å². The molecule has 0 saturated carbocycles. The van der Waals surface area contributed by atoms with Crippen LogP contribution in [-0.4, -0.2) is 72.4 Å². The number of piperidine rings is 1. The molecule has 3 amide bonds. The lowest BCUT2D eigenvalue weighted by Crippen LogP contribution is -2.60. The average molecular weight is 539 g/mol. The van der Waals surface area contributed by atoms with Crippen molar-refractivity contribution in [3.8, 4) is 0 Å². The fourth-order valence-electron chi connectivity index (χ4n) is 5.75. The Morgan fingerprint density at radius 2 is 1.95 bits per heavy atom. The van der Waals surface area contributed by atoms with Crippen LogP contribution in [0.2, 0.25) is 0 Å². The lowest BCUT2D eigenvalue weighted by atomic mass is 9.69. The normalized spacial score (nSPS) is 22.3. The third-order valence-electron chi connectivity index (χ3n) is 7.83. The molecule has 2 saturated heterocycles. The Balaban J connectivity index is 1.55. The van der Waals surface area contributed by atoms with E-state index in [2.05, 4.69) is 5.32 Å². The molecular weight excluding hydrogens is 499 g/mol. The maximum atomic E-state index is 13.9. The van der Waals surface area contributed by atoms with Crippen molar-refractivity contribution in [1.82, 2.24) is 15.1 Å². The van der Waals surface area contributed by atoms with Gasteiger partial charge in [0.1, 0.15) is 11.9 Å². The van der Waals surface area contributed by atoms with E-state index in [1.807, 2.05) is 31.2 Å². The van der Waals surface area contributed by atoms with Crippen LogP contribution in [0.1, 0.15) is 49.3 Å². The smallest absolute Gasteiger partial charge is 0.247 e. The molecule has 9 heteroatoms. The minimum Gasteiger partial charge on any atom is -0.374 e. The first-order valence-corrected chi connectivity index (χ1v) is 13.4. The van der Waals surface area contributed by atoms with Crippen molar-refractivity contribution in [2.24, 2.45) is 11.1 Å². The van der Waals surface area contributed by atoms with E-state index in [1.165, 1.54) is 12.1 Å². The quantitative estimate of drug-likeness (QED) is 0.538. The number of aryl methyl sites for hydroxylation is 1. The molecule has 2 unspecified atom stereocenters. The number of nitrogens with zero attached hydrogens (tertiary/aromatic N) is 2. The average Bonchev–Trinajstić information content (AvgIpc) is 3.12. The number of amides is 3. The van der Waals surface area contributed by atoms with Gasteiger partial charge in [-0.3, -0.25) is 14.4 Å². The number of carbonyl (C=O) groups is 3. The second-order valence-corrected chi connectivity index (χ2v) is 11.6. The fourth-order valence-corrected chi connectivity index (χ4v) is 5.75. The Morgan fingerprint density at radius 3 is 2.62 bits per heavy atom. The highest BCUT2D eigenvalue weighted by molar-refractivity contribution is 5.92. The number of halogens is 1. The van der Waals surface area contributed by atoms with E-state index in [0.717, 1.165) is 16.7 Å². The van der Waals surface area contributed by atoms with E-state index in [0.29, 0.717) is 25.9 Å². The standard InChI is InChI=1S/C30H39FN4O4/c1-20-7-5-8-21(15-20)17-39-18-25(33-27(37)29(2,3)32)26(36)35-14-6-13-30(19-35)24(16-34(4)28(30)38)22-9-11-23(31)12-10-22/h5,7-12,15,24-25H,6,13-14,16-19,32H2,1-4H3,(H,33,37)/t24?,25-,30?/m1/s1. The molecule has 39 heavy (non-hydrogen) atoms. The highest BCUT2D eigenvalue weighted by atomic mass is 19.1. The molecule has 2 aliphatic rings. The predicted octanol–water partition coefficient (Wildman–Crippen LogP) is 2.74. The third-order valence-corrected chi connectivity index (χ3v) is 7.83. The minimum atomic E-state index is -1.18. The van der Waals surface area contributed by atoms with Crippen LogP contribution >= 0.6 is 0 Å². The number of carbonyl (C=O) groups excluding carboxylic acids is 3. The van der Waals surface area contributed by atoms with Crippen LogP contribution in [0.4, 0.5) is 4.39 Å². The number of hydrogen-bond acceptors (Lipinski definition) is 5. The number of nitrogens with two attached hydrogens (primary N) is 1. The number of nitrogens with one attached hydrogen (secondary N) is 1. The van der Waals surface area contributed by atoms with Gasteiger partial charge in [-0.25, -0.2) is 4.39 Å². The highest BCUT2D eigenvalue weighted by Crippen LogP contribution is 2.49. The molecule has 0 bridgehead atoms. The second-order valence-electron chi connectivity index (χ2n) is 11.6. The van der Waals surface area contributed by atoms with Crippen LogP contribution in [-0.2, 0) is 25.7 Å². The molecule has 0 aliphatic carbocycles. The van der Waals surface area contributed by atoms with Gasteiger partial charge >= 0.3 is 0 Å². The Morgan fingerprint density at radius 1 is 1.23 bits per heavy atom. The second kappa shape index (κ2) is 11.4. The zero-order valence-electron chi connectivity index (χ0n) is 23.2. The minimum absolute atomic E-state index is 0.0197. The molecule has 3 N–H and O–H groups in total. The van der Waals surface area contributed by atoms with E-state index >= 15 is 0 Å². The van der Waals surface area contributed by atoms with Crippen molar-refractivity contribution in [3.63, 3.8) is 0 Å². The van der Waals surface area contributed by atoms with Crippen molar-refractivity contribution in [2.45, 2.75) is 57.7 Å².